The molecule has 1 atom stereocenters. The molecule has 2 aromatic carbocycles. The Hall–Kier alpha value is -2.17. The lowest BCUT2D eigenvalue weighted by molar-refractivity contribution is -0.147. The van der Waals surface area contributed by atoms with Crippen molar-refractivity contribution in [3.8, 4) is 0 Å². The van der Waals surface area contributed by atoms with E-state index in [-0.39, 0.29) is 12.8 Å². The highest BCUT2D eigenvalue weighted by molar-refractivity contribution is 5.85. The molecule has 1 aliphatic carbocycles. The summed E-state index contributed by atoms with van der Waals surface area (Å²) >= 11 is 0. The maximum Gasteiger partial charge on any atom is 0.316 e. The first-order valence-corrected chi connectivity index (χ1v) is 8.51. The van der Waals surface area contributed by atoms with Crippen molar-refractivity contribution in [2.75, 3.05) is 21.0 Å². The van der Waals surface area contributed by atoms with E-state index in [2.05, 4.69) is 30.3 Å². The molecular formula is C21H24O4. The molecule has 4 heteroatoms. The van der Waals surface area contributed by atoms with Crippen LogP contribution in [0.4, 0.5) is 0 Å². The number of carbonyl (C=O) groups excluding carboxylic acids is 1. The molecule has 0 radical (unpaired) electrons. The van der Waals surface area contributed by atoms with Gasteiger partial charge in [0.2, 0.25) is 0 Å². The van der Waals surface area contributed by atoms with Crippen LogP contribution in [0.15, 0.2) is 48.5 Å². The van der Waals surface area contributed by atoms with Crippen molar-refractivity contribution in [1.82, 2.24) is 0 Å². The van der Waals surface area contributed by atoms with Crippen LogP contribution < -0.4 is 0 Å². The Morgan fingerprint density at radius 3 is 2.60 bits per heavy atom. The van der Waals surface area contributed by atoms with Crippen LogP contribution in [0.1, 0.15) is 28.7 Å². The first kappa shape index (κ1) is 17.6. The van der Waals surface area contributed by atoms with E-state index >= 15 is 0 Å². The Bertz CT molecular complexity index is 726. The highest BCUT2D eigenvalue weighted by Crippen LogP contribution is 2.43. The van der Waals surface area contributed by atoms with Crippen LogP contribution in [0.3, 0.4) is 0 Å². The Morgan fingerprint density at radius 1 is 1.08 bits per heavy atom. The summed E-state index contributed by atoms with van der Waals surface area (Å²) in [6, 6.07) is 16.4. The Kier molecular flexibility index (Phi) is 5.51. The highest BCUT2D eigenvalue weighted by Gasteiger charge is 2.46. The van der Waals surface area contributed by atoms with Crippen LogP contribution in [0.25, 0.3) is 0 Å². The largest absolute Gasteiger partial charge is 0.468 e. The minimum Gasteiger partial charge on any atom is -0.468 e. The van der Waals surface area contributed by atoms with Gasteiger partial charge in [-0.25, -0.2) is 0 Å². The zero-order valence-electron chi connectivity index (χ0n) is 14.8. The van der Waals surface area contributed by atoms with E-state index in [1.54, 1.807) is 7.11 Å². The topological polar surface area (TPSA) is 44.8 Å². The van der Waals surface area contributed by atoms with Gasteiger partial charge in [-0.1, -0.05) is 48.5 Å². The number of esters is 1. The number of rotatable bonds is 7. The van der Waals surface area contributed by atoms with Gasteiger partial charge in [-0.15, -0.1) is 0 Å². The standard InChI is InChI=1S/C21H24O4/c1-23-15-25-14-17-8-9-18-10-11-21(19(18)12-17,20(22)24-2)13-16-6-4-3-5-7-16/h3-9,12H,10-11,13-15H2,1-2H3. The summed E-state index contributed by atoms with van der Waals surface area (Å²) in [4.78, 5) is 12.8. The molecule has 0 heterocycles. The van der Waals surface area contributed by atoms with E-state index in [0.717, 1.165) is 29.5 Å². The molecule has 1 aliphatic rings. The molecule has 0 saturated heterocycles. The molecule has 3 rings (SSSR count). The first-order chi connectivity index (χ1) is 12.2. The van der Waals surface area contributed by atoms with Gasteiger partial charge in [0.05, 0.1) is 19.1 Å². The van der Waals surface area contributed by atoms with Gasteiger partial charge in [-0.05, 0) is 41.5 Å². The van der Waals surface area contributed by atoms with E-state index in [0.29, 0.717) is 13.0 Å². The van der Waals surface area contributed by atoms with Gasteiger partial charge in [0.25, 0.3) is 0 Å². The average Bonchev–Trinajstić information content (AvgIpc) is 3.01. The predicted octanol–water partition coefficient (Wildman–Crippen LogP) is 3.41. The fourth-order valence-corrected chi connectivity index (χ4v) is 3.71. The molecule has 132 valence electrons. The third kappa shape index (κ3) is 3.60. The van der Waals surface area contributed by atoms with Crippen LogP contribution in [-0.4, -0.2) is 27.0 Å². The van der Waals surface area contributed by atoms with Gasteiger partial charge in [0.15, 0.2) is 0 Å². The minimum atomic E-state index is -0.622. The number of hydrogen-bond acceptors (Lipinski definition) is 4. The summed E-state index contributed by atoms with van der Waals surface area (Å²) in [6.07, 6.45) is 2.30. The van der Waals surface area contributed by atoms with Gasteiger partial charge >= 0.3 is 5.97 Å². The molecule has 0 saturated carbocycles. The Morgan fingerprint density at radius 2 is 1.88 bits per heavy atom. The van der Waals surface area contributed by atoms with Gasteiger partial charge in [-0.2, -0.15) is 0 Å². The van der Waals surface area contributed by atoms with Crippen LogP contribution >= 0.6 is 0 Å². The molecule has 4 nitrogen and oxygen atoms in total. The molecule has 0 amide bonds. The van der Waals surface area contributed by atoms with Crippen molar-refractivity contribution < 1.29 is 19.0 Å². The molecule has 0 fully saturated rings. The number of aryl methyl sites for hydroxylation is 1. The quantitative estimate of drug-likeness (QED) is 0.440. The normalized spacial score (nSPS) is 18.8. The maximum atomic E-state index is 12.8. The second kappa shape index (κ2) is 7.81. The van der Waals surface area contributed by atoms with Crippen molar-refractivity contribution in [1.29, 1.82) is 0 Å². The molecule has 0 bridgehead atoms. The molecule has 0 aromatic heterocycles. The monoisotopic (exact) mass is 340 g/mol. The number of carbonyl (C=O) groups is 1. The van der Waals surface area contributed by atoms with E-state index in [9.17, 15) is 4.79 Å². The predicted molar refractivity (Wildman–Crippen MR) is 95.3 cm³/mol. The fraction of sp³-hybridized carbons (Fsp3) is 0.381. The maximum absolute atomic E-state index is 12.8. The lowest BCUT2D eigenvalue weighted by atomic mass is 9.76. The SMILES string of the molecule is COCOCc1ccc2c(c1)C(Cc1ccccc1)(C(=O)OC)CC2. The van der Waals surface area contributed by atoms with Crippen molar-refractivity contribution in [3.63, 3.8) is 0 Å². The smallest absolute Gasteiger partial charge is 0.316 e. The fourth-order valence-electron chi connectivity index (χ4n) is 3.71. The van der Waals surface area contributed by atoms with Crippen molar-refractivity contribution in [2.24, 2.45) is 0 Å². The van der Waals surface area contributed by atoms with E-state index in [1.165, 1.54) is 12.7 Å². The van der Waals surface area contributed by atoms with Gasteiger partial charge in [0.1, 0.15) is 6.79 Å². The number of benzene rings is 2. The van der Waals surface area contributed by atoms with Crippen LogP contribution in [0, 0.1) is 0 Å². The summed E-state index contributed by atoms with van der Waals surface area (Å²) in [5.74, 6) is -0.162. The zero-order valence-corrected chi connectivity index (χ0v) is 14.8. The van der Waals surface area contributed by atoms with E-state index < -0.39 is 5.41 Å². The average molecular weight is 340 g/mol. The second-order valence-electron chi connectivity index (χ2n) is 6.48. The van der Waals surface area contributed by atoms with E-state index in [1.807, 2.05) is 18.2 Å². The third-order valence-electron chi connectivity index (χ3n) is 4.91. The van der Waals surface area contributed by atoms with Crippen molar-refractivity contribution >= 4 is 5.97 Å². The van der Waals surface area contributed by atoms with Gasteiger partial charge < -0.3 is 14.2 Å². The second-order valence-corrected chi connectivity index (χ2v) is 6.48. The van der Waals surface area contributed by atoms with Gasteiger partial charge in [0, 0.05) is 7.11 Å². The Balaban J connectivity index is 1.95. The summed E-state index contributed by atoms with van der Waals surface area (Å²) in [6.45, 7) is 0.715. The first-order valence-electron chi connectivity index (χ1n) is 8.51. The lowest BCUT2D eigenvalue weighted by Crippen LogP contribution is -2.37. The molecule has 25 heavy (non-hydrogen) atoms. The summed E-state index contributed by atoms with van der Waals surface area (Å²) in [5, 5.41) is 0. The van der Waals surface area contributed by atoms with Crippen molar-refractivity contribution in [2.45, 2.75) is 31.3 Å². The summed E-state index contributed by atoms with van der Waals surface area (Å²) < 4.78 is 15.6. The van der Waals surface area contributed by atoms with Crippen LogP contribution in [0.5, 0.6) is 0 Å². The summed E-state index contributed by atoms with van der Waals surface area (Å²) in [5.41, 5.74) is 3.85. The number of methoxy groups -OCH3 is 2. The molecule has 2 aromatic rings. The molecular weight excluding hydrogens is 316 g/mol. The Labute approximate surface area is 148 Å². The molecule has 1 unspecified atom stereocenters. The van der Waals surface area contributed by atoms with Crippen LogP contribution in [-0.2, 0) is 43.9 Å². The number of ether oxygens (including phenoxy) is 3. The molecule has 0 aliphatic heterocycles. The van der Waals surface area contributed by atoms with Gasteiger partial charge in [-0.3, -0.25) is 4.79 Å². The van der Waals surface area contributed by atoms with Crippen LogP contribution in [0.2, 0.25) is 0 Å². The zero-order chi connectivity index (χ0) is 17.7. The molecule has 0 N–H and O–H groups in total. The number of hydrogen-bond donors (Lipinski definition) is 0. The highest BCUT2D eigenvalue weighted by atomic mass is 16.7. The third-order valence-corrected chi connectivity index (χ3v) is 4.91. The lowest BCUT2D eigenvalue weighted by Gasteiger charge is -2.28. The van der Waals surface area contributed by atoms with Crippen molar-refractivity contribution in [3.05, 3.63) is 70.8 Å². The minimum absolute atomic E-state index is 0.162. The summed E-state index contributed by atoms with van der Waals surface area (Å²) in [7, 11) is 3.07. The molecule has 0 spiro atoms. The van der Waals surface area contributed by atoms with E-state index in [4.69, 9.17) is 14.2 Å². The number of fused-ring (bicyclic) bond motifs is 1.